The first kappa shape index (κ1) is 25.0. The molecule has 11 heteroatoms. The minimum absolute atomic E-state index is 0.0205. The molecule has 186 valence electrons. The van der Waals surface area contributed by atoms with E-state index in [2.05, 4.69) is 9.97 Å². The van der Waals surface area contributed by atoms with Crippen LogP contribution in [0.4, 0.5) is 26.3 Å². The van der Waals surface area contributed by atoms with Gasteiger partial charge in [0.2, 0.25) is 0 Å². The van der Waals surface area contributed by atoms with E-state index in [1.807, 2.05) is 0 Å². The molecule has 0 unspecified atom stereocenters. The van der Waals surface area contributed by atoms with E-state index in [-0.39, 0.29) is 22.8 Å². The number of nitrogens with zero attached hydrogens (tertiary/aromatic N) is 2. The first-order chi connectivity index (χ1) is 16.9. The number of hydrogen-bond donors (Lipinski definition) is 1. The van der Waals surface area contributed by atoms with Gasteiger partial charge in [-0.15, -0.1) is 0 Å². The molecule has 36 heavy (non-hydrogen) atoms. The maximum atomic E-state index is 13.4. The summed E-state index contributed by atoms with van der Waals surface area (Å²) in [6, 6.07) is 12.9. The van der Waals surface area contributed by atoms with Gasteiger partial charge in [-0.2, -0.15) is 26.3 Å². The molecule has 4 rings (SSSR count). The van der Waals surface area contributed by atoms with Gasteiger partial charge in [0.05, 0.1) is 11.1 Å². The van der Waals surface area contributed by atoms with Crippen molar-refractivity contribution in [3.05, 3.63) is 99.6 Å². The summed E-state index contributed by atoms with van der Waals surface area (Å²) in [5, 5.41) is 0.364. The van der Waals surface area contributed by atoms with Crippen LogP contribution in [0.5, 0.6) is 0 Å². The first-order valence-electron chi connectivity index (χ1n) is 10.5. The summed E-state index contributed by atoms with van der Waals surface area (Å²) in [6.45, 7) is -0.576. The third kappa shape index (κ3) is 4.95. The number of aromatic amines is 1. The maximum absolute atomic E-state index is 13.4. The van der Waals surface area contributed by atoms with Crippen molar-refractivity contribution in [3.63, 3.8) is 0 Å². The summed E-state index contributed by atoms with van der Waals surface area (Å²) in [5.41, 5.74) is -3.22. The maximum Gasteiger partial charge on any atom is 0.416 e. The quantitative estimate of drug-likeness (QED) is 0.351. The normalized spacial score (nSPS) is 12.1. The van der Waals surface area contributed by atoms with Gasteiger partial charge in [-0.1, -0.05) is 36.4 Å². The Morgan fingerprint density at radius 1 is 0.917 bits per heavy atom. The predicted molar refractivity (Wildman–Crippen MR) is 120 cm³/mol. The lowest BCUT2D eigenvalue weighted by Gasteiger charge is -2.21. The van der Waals surface area contributed by atoms with Crippen molar-refractivity contribution in [3.8, 4) is 11.1 Å². The van der Waals surface area contributed by atoms with Crippen molar-refractivity contribution < 1.29 is 31.1 Å². The summed E-state index contributed by atoms with van der Waals surface area (Å²) >= 11 is 0. The van der Waals surface area contributed by atoms with Crippen LogP contribution < -0.4 is 5.56 Å². The molecule has 0 saturated carbocycles. The number of rotatable bonds is 4. The molecule has 0 fully saturated rings. The Balaban J connectivity index is 1.80. The van der Waals surface area contributed by atoms with E-state index in [4.69, 9.17) is 0 Å². The molecule has 2 heterocycles. The topological polar surface area (TPSA) is 66.1 Å². The lowest BCUT2D eigenvalue weighted by atomic mass is 9.98. The van der Waals surface area contributed by atoms with Gasteiger partial charge in [-0.25, -0.2) is 0 Å². The number of pyridine rings is 2. The highest BCUT2D eigenvalue weighted by Crippen LogP contribution is 2.37. The third-order valence-corrected chi connectivity index (χ3v) is 5.47. The van der Waals surface area contributed by atoms with E-state index in [0.717, 1.165) is 4.90 Å². The molecular formula is C25H17F6N3O2. The van der Waals surface area contributed by atoms with E-state index in [0.29, 0.717) is 28.6 Å². The van der Waals surface area contributed by atoms with Crippen LogP contribution in [-0.4, -0.2) is 27.8 Å². The number of carbonyl (C=O) groups is 1. The van der Waals surface area contributed by atoms with Crippen LogP contribution in [0.2, 0.25) is 0 Å². The van der Waals surface area contributed by atoms with Gasteiger partial charge in [0.25, 0.3) is 11.5 Å². The number of nitrogens with one attached hydrogen (secondary N) is 1. The molecule has 4 aromatic rings. The van der Waals surface area contributed by atoms with E-state index in [1.165, 1.54) is 13.2 Å². The summed E-state index contributed by atoms with van der Waals surface area (Å²) in [5.74, 6) is -0.803. The molecule has 5 nitrogen and oxygen atoms in total. The van der Waals surface area contributed by atoms with Crippen LogP contribution in [0.25, 0.3) is 22.0 Å². The molecule has 0 spiro atoms. The van der Waals surface area contributed by atoms with Gasteiger partial charge < -0.3 is 9.88 Å². The Kier molecular flexibility index (Phi) is 6.33. The number of carbonyl (C=O) groups excluding carboxylic acids is 1. The highest BCUT2D eigenvalue weighted by Gasteiger charge is 2.37. The highest BCUT2D eigenvalue weighted by molar-refractivity contribution is 6.07. The largest absolute Gasteiger partial charge is 0.416 e. The van der Waals surface area contributed by atoms with Gasteiger partial charge in [-0.05, 0) is 35.4 Å². The van der Waals surface area contributed by atoms with Crippen LogP contribution in [0.1, 0.15) is 27.2 Å². The Morgan fingerprint density at radius 3 is 2.11 bits per heavy atom. The third-order valence-electron chi connectivity index (χ3n) is 5.47. The summed E-state index contributed by atoms with van der Waals surface area (Å²) in [6.07, 6.45) is -8.63. The van der Waals surface area contributed by atoms with Gasteiger partial charge in [0, 0.05) is 30.7 Å². The van der Waals surface area contributed by atoms with Crippen LogP contribution in [0.3, 0.4) is 0 Å². The number of alkyl halides is 6. The molecular weight excluding hydrogens is 488 g/mol. The van der Waals surface area contributed by atoms with Gasteiger partial charge in [-0.3, -0.25) is 14.6 Å². The van der Waals surface area contributed by atoms with Crippen LogP contribution >= 0.6 is 0 Å². The lowest BCUT2D eigenvalue weighted by molar-refractivity contribution is -0.143. The monoisotopic (exact) mass is 505 g/mol. The van der Waals surface area contributed by atoms with E-state index >= 15 is 0 Å². The fraction of sp³-hybridized carbons (Fsp3) is 0.160. The fourth-order valence-corrected chi connectivity index (χ4v) is 3.87. The molecule has 2 aromatic carbocycles. The smallest absolute Gasteiger partial charge is 0.336 e. The second-order valence-electron chi connectivity index (χ2n) is 8.05. The zero-order chi connectivity index (χ0) is 26.3. The Hall–Kier alpha value is -4.15. The van der Waals surface area contributed by atoms with Gasteiger partial charge in [0.15, 0.2) is 0 Å². The average molecular weight is 505 g/mol. The summed E-state index contributed by atoms with van der Waals surface area (Å²) < 4.78 is 79.4. The number of hydrogen-bond acceptors (Lipinski definition) is 3. The summed E-state index contributed by atoms with van der Waals surface area (Å²) in [7, 11) is 1.22. The number of fused-ring (bicyclic) bond motifs is 1. The van der Waals surface area contributed by atoms with E-state index < -0.39 is 41.5 Å². The van der Waals surface area contributed by atoms with Crippen LogP contribution in [-0.2, 0) is 18.9 Å². The minimum Gasteiger partial charge on any atom is -0.336 e. The fourth-order valence-electron chi connectivity index (χ4n) is 3.87. The second-order valence-corrected chi connectivity index (χ2v) is 8.05. The van der Waals surface area contributed by atoms with Crippen LogP contribution in [0, 0.1) is 0 Å². The van der Waals surface area contributed by atoms with Crippen molar-refractivity contribution >= 4 is 16.8 Å². The van der Waals surface area contributed by atoms with Crippen molar-refractivity contribution in [1.29, 1.82) is 0 Å². The zero-order valence-corrected chi connectivity index (χ0v) is 18.5. The molecule has 2 aromatic heterocycles. The molecule has 0 saturated heterocycles. The molecule has 1 amide bonds. The van der Waals surface area contributed by atoms with E-state index in [1.54, 1.807) is 42.5 Å². The Labute approximate surface area is 200 Å². The molecule has 1 N–H and O–H groups in total. The highest BCUT2D eigenvalue weighted by atomic mass is 19.4. The van der Waals surface area contributed by atoms with Gasteiger partial charge >= 0.3 is 12.4 Å². The van der Waals surface area contributed by atoms with Crippen molar-refractivity contribution in [2.24, 2.45) is 0 Å². The molecule has 0 bridgehead atoms. The zero-order valence-electron chi connectivity index (χ0n) is 18.5. The van der Waals surface area contributed by atoms with Crippen molar-refractivity contribution in [2.45, 2.75) is 18.9 Å². The molecule has 0 aliphatic carbocycles. The standard InChI is InChI=1S/C25H17F6N3O2/c1-34(13-14-10-16(24(26,27)28)12-17(11-14)25(29,30)31)23(36)21-19(15-6-3-2-4-7-15)18-8-5-9-32-20(18)22(35)33-21/h2-12H,13H2,1H3,(H,33,35). The molecule has 0 radical (unpaired) electrons. The van der Waals surface area contributed by atoms with Crippen molar-refractivity contribution in [1.82, 2.24) is 14.9 Å². The van der Waals surface area contributed by atoms with Crippen molar-refractivity contribution in [2.75, 3.05) is 7.05 Å². The number of halogens is 6. The SMILES string of the molecule is CN(Cc1cc(C(F)(F)F)cc(C(F)(F)F)c1)C(=O)c1[nH]c(=O)c2ncccc2c1-c1ccccc1. The predicted octanol–water partition coefficient (Wildman–Crippen LogP) is 5.90. The summed E-state index contributed by atoms with van der Waals surface area (Å²) in [4.78, 5) is 33.5. The molecule has 0 atom stereocenters. The number of aromatic nitrogens is 2. The number of benzene rings is 2. The number of amides is 1. The van der Waals surface area contributed by atoms with E-state index in [9.17, 15) is 35.9 Å². The number of H-pyrrole nitrogens is 1. The molecule has 0 aliphatic heterocycles. The van der Waals surface area contributed by atoms with Gasteiger partial charge in [0.1, 0.15) is 11.2 Å². The Morgan fingerprint density at radius 2 is 1.53 bits per heavy atom. The Bertz CT molecular complexity index is 1460. The second kappa shape index (κ2) is 9.14. The average Bonchev–Trinajstić information content (AvgIpc) is 2.82. The van der Waals surface area contributed by atoms with Crippen LogP contribution in [0.15, 0.2) is 71.7 Å². The molecule has 0 aliphatic rings. The first-order valence-corrected chi connectivity index (χ1v) is 10.5. The lowest BCUT2D eigenvalue weighted by Crippen LogP contribution is -2.30. The minimum atomic E-state index is -5.02.